The minimum atomic E-state index is -0.374. The second-order valence-electron chi connectivity index (χ2n) is 6.15. The molecule has 2 aromatic carbocycles. The minimum absolute atomic E-state index is 0.0952. The molecule has 7 heteroatoms. The number of carbonyl (C=O) groups excluding carboxylic acids is 1. The topological polar surface area (TPSA) is 110 Å². The highest BCUT2D eigenvalue weighted by Gasteiger charge is 2.14. The lowest BCUT2D eigenvalue weighted by atomic mass is 10.1. The van der Waals surface area contributed by atoms with E-state index in [9.17, 15) is 4.79 Å². The number of nitrogens with one attached hydrogen (secondary N) is 2. The monoisotopic (exact) mass is 370 g/mol. The van der Waals surface area contributed by atoms with E-state index < -0.39 is 0 Å². The van der Waals surface area contributed by atoms with Crippen LogP contribution in [0.1, 0.15) is 10.5 Å². The van der Waals surface area contributed by atoms with Gasteiger partial charge < -0.3 is 16.0 Å². The fourth-order valence-electron chi connectivity index (χ4n) is 2.88. The van der Waals surface area contributed by atoms with Crippen molar-refractivity contribution in [1.82, 2.24) is 25.3 Å². The Bertz CT molecular complexity index is 1140. The maximum atomic E-state index is 11.9. The number of nitrogens with zero attached hydrogens (tertiary/aromatic N) is 3. The lowest BCUT2D eigenvalue weighted by Crippen LogP contribution is -2.21. The number of H-pyrrole nitrogens is 1. The number of hydrogen-bond acceptors (Lipinski definition) is 5. The standard InChI is InChI=1S/C21H18N6O/c1-23-21(28)18-19(22)24-11-17(26-18)14-8-5-9-15(10-14)20-25-12-16(27-20)13-6-3-2-4-7-13/h2-12H,1H3,(H2,22,24)(H,23,28)(H,25,27). The van der Waals surface area contributed by atoms with Crippen LogP contribution in [0.15, 0.2) is 67.0 Å². The minimum Gasteiger partial charge on any atom is -0.382 e. The number of aromatic nitrogens is 4. The van der Waals surface area contributed by atoms with Gasteiger partial charge in [-0.05, 0) is 6.07 Å². The summed E-state index contributed by atoms with van der Waals surface area (Å²) >= 11 is 0. The van der Waals surface area contributed by atoms with Crippen molar-refractivity contribution in [2.75, 3.05) is 12.8 Å². The van der Waals surface area contributed by atoms with Gasteiger partial charge >= 0.3 is 0 Å². The Morgan fingerprint density at radius 2 is 1.71 bits per heavy atom. The molecule has 0 atom stereocenters. The molecule has 0 bridgehead atoms. The zero-order valence-electron chi connectivity index (χ0n) is 15.2. The van der Waals surface area contributed by atoms with E-state index in [2.05, 4.69) is 25.3 Å². The summed E-state index contributed by atoms with van der Waals surface area (Å²) in [5.74, 6) is 0.468. The molecule has 2 heterocycles. The molecule has 2 aromatic heterocycles. The van der Waals surface area contributed by atoms with Crippen LogP contribution in [-0.2, 0) is 0 Å². The number of imidazole rings is 1. The first kappa shape index (κ1) is 17.4. The molecule has 138 valence electrons. The van der Waals surface area contributed by atoms with Crippen molar-refractivity contribution in [3.8, 4) is 33.9 Å². The Hall–Kier alpha value is -4.00. The van der Waals surface area contributed by atoms with Gasteiger partial charge in [-0.15, -0.1) is 0 Å². The number of anilines is 1. The molecule has 4 rings (SSSR count). The molecule has 0 fully saturated rings. The van der Waals surface area contributed by atoms with E-state index in [4.69, 9.17) is 5.73 Å². The van der Waals surface area contributed by atoms with Crippen LogP contribution in [0.2, 0.25) is 0 Å². The fourth-order valence-corrected chi connectivity index (χ4v) is 2.88. The molecule has 4 aromatic rings. The van der Waals surface area contributed by atoms with E-state index in [1.165, 1.54) is 7.05 Å². The maximum absolute atomic E-state index is 11.9. The van der Waals surface area contributed by atoms with Gasteiger partial charge in [0.25, 0.3) is 5.91 Å². The lowest BCUT2D eigenvalue weighted by molar-refractivity contribution is 0.0959. The summed E-state index contributed by atoms with van der Waals surface area (Å²) in [6.45, 7) is 0. The van der Waals surface area contributed by atoms with E-state index in [0.29, 0.717) is 5.69 Å². The van der Waals surface area contributed by atoms with Crippen LogP contribution in [0.5, 0.6) is 0 Å². The maximum Gasteiger partial charge on any atom is 0.273 e. The molecular weight excluding hydrogens is 352 g/mol. The highest BCUT2D eigenvalue weighted by Crippen LogP contribution is 2.26. The van der Waals surface area contributed by atoms with Gasteiger partial charge in [-0.2, -0.15) is 0 Å². The number of nitrogens with two attached hydrogens (primary N) is 1. The number of amides is 1. The van der Waals surface area contributed by atoms with Crippen molar-refractivity contribution < 1.29 is 4.79 Å². The van der Waals surface area contributed by atoms with Crippen molar-refractivity contribution in [3.05, 3.63) is 72.7 Å². The molecule has 28 heavy (non-hydrogen) atoms. The summed E-state index contributed by atoms with van der Waals surface area (Å²) in [5, 5.41) is 2.52. The van der Waals surface area contributed by atoms with Crippen LogP contribution in [0, 0.1) is 0 Å². The van der Waals surface area contributed by atoms with Gasteiger partial charge in [-0.1, -0.05) is 48.5 Å². The predicted octanol–water partition coefficient (Wildman–Crippen LogP) is 3.14. The Morgan fingerprint density at radius 1 is 0.964 bits per heavy atom. The largest absolute Gasteiger partial charge is 0.382 e. The van der Waals surface area contributed by atoms with Crippen LogP contribution < -0.4 is 11.1 Å². The zero-order valence-corrected chi connectivity index (χ0v) is 15.2. The summed E-state index contributed by atoms with van der Waals surface area (Å²) < 4.78 is 0. The predicted molar refractivity (Wildman–Crippen MR) is 108 cm³/mol. The van der Waals surface area contributed by atoms with Gasteiger partial charge in [0, 0.05) is 29.9 Å². The summed E-state index contributed by atoms with van der Waals surface area (Å²) in [7, 11) is 1.53. The smallest absolute Gasteiger partial charge is 0.273 e. The summed E-state index contributed by atoms with van der Waals surface area (Å²) in [4.78, 5) is 28.3. The van der Waals surface area contributed by atoms with Gasteiger partial charge in [-0.3, -0.25) is 4.79 Å². The third-order valence-electron chi connectivity index (χ3n) is 4.32. The first-order chi connectivity index (χ1) is 13.7. The summed E-state index contributed by atoms with van der Waals surface area (Å²) in [6, 6.07) is 17.7. The van der Waals surface area contributed by atoms with Gasteiger partial charge in [0.1, 0.15) is 5.82 Å². The van der Waals surface area contributed by atoms with Crippen LogP contribution in [0.3, 0.4) is 0 Å². The quantitative estimate of drug-likeness (QED) is 0.511. The van der Waals surface area contributed by atoms with E-state index in [-0.39, 0.29) is 17.4 Å². The van der Waals surface area contributed by atoms with Crippen LogP contribution in [-0.4, -0.2) is 32.9 Å². The molecule has 1 amide bonds. The number of hydrogen-bond donors (Lipinski definition) is 3. The third-order valence-corrected chi connectivity index (χ3v) is 4.32. The first-order valence-corrected chi connectivity index (χ1v) is 8.72. The molecule has 0 spiro atoms. The van der Waals surface area contributed by atoms with Crippen LogP contribution in [0.25, 0.3) is 33.9 Å². The van der Waals surface area contributed by atoms with E-state index in [1.54, 1.807) is 6.20 Å². The second-order valence-corrected chi connectivity index (χ2v) is 6.15. The Labute approximate surface area is 161 Å². The highest BCUT2D eigenvalue weighted by molar-refractivity contribution is 5.96. The molecule has 4 N–H and O–H groups in total. The average molecular weight is 370 g/mol. The molecule has 0 aliphatic rings. The molecule has 0 unspecified atom stereocenters. The van der Waals surface area contributed by atoms with Gasteiger partial charge in [0.05, 0.1) is 17.6 Å². The fraction of sp³-hybridized carbons (Fsp3) is 0.0476. The highest BCUT2D eigenvalue weighted by atomic mass is 16.1. The molecule has 7 nitrogen and oxygen atoms in total. The number of carbonyl (C=O) groups is 1. The SMILES string of the molecule is CNC(=O)c1nc(-c2cccc(-c3nc(-c4ccccc4)c[nH]3)c2)cnc1N. The second kappa shape index (κ2) is 7.32. The van der Waals surface area contributed by atoms with Crippen molar-refractivity contribution >= 4 is 11.7 Å². The van der Waals surface area contributed by atoms with Crippen molar-refractivity contribution in [2.24, 2.45) is 0 Å². The first-order valence-electron chi connectivity index (χ1n) is 8.72. The van der Waals surface area contributed by atoms with Gasteiger partial charge in [-0.25, -0.2) is 15.0 Å². The Morgan fingerprint density at radius 3 is 2.50 bits per heavy atom. The van der Waals surface area contributed by atoms with E-state index >= 15 is 0 Å². The molecule has 0 aliphatic heterocycles. The normalized spacial score (nSPS) is 10.6. The van der Waals surface area contributed by atoms with Crippen LogP contribution >= 0.6 is 0 Å². The number of nitrogen functional groups attached to an aromatic ring is 1. The lowest BCUT2D eigenvalue weighted by Gasteiger charge is -2.07. The van der Waals surface area contributed by atoms with Gasteiger partial charge in [0.2, 0.25) is 0 Å². The molecule has 0 aliphatic carbocycles. The van der Waals surface area contributed by atoms with Crippen molar-refractivity contribution in [2.45, 2.75) is 0 Å². The van der Waals surface area contributed by atoms with Gasteiger partial charge in [0.15, 0.2) is 11.5 Å². The number of rotatable bonds is 4. The summed E-state index contributed by atoms with van der Waals surface area (Å²) in [5.41, 5.74) is 10.1. The molecule has 0 saturated carbocycles. The molecular formula is C21H18N6O. The average Bonchev–Trinajstić information content (AvgIpc) is 3.25. The zero-order chi connectivity index (χ0) is 19.5. The molecule has 0 saturated heterocycles. The number of benzene rings is 2. The number of aromatic amines is 1. The molecule has 0 radical (unpaired) electrons. The van der Waals surface area contributed by atoms with Crippen LogP contribution in [0.4, 0.5) is 5.82 Å². The van der Waals surface area contributed by atoms with E-state index in [1.807, 2.05) is 60.8 Å². The van der Waals surface area contributed by atoms with E-state index in [0.717, 1.165) is 28.2 Å². The Kier molecular flexibility index (Phi) is 4.55. The summed E-state index contributed by atoms with van der Waals surface area (Å²) in [6.07, 6.45) is 3.43. The van der Waals surface area contributed by atoms with Crippen molar-refractivity contribution in [1.29, 1.82) is 0 Å². The third kappa shape index (κ3) is 3.33. The van der Waals surface area contributed by atoms with Crippen molar-refractivity contribution in [3.63, 3.8) is 0 Å². The Balaban J connectivity index is 1.70.